The van der Waals surface area contributed by atoms with E-state index in [1.807, 2.05) is 97.1 Å². The number of nitrogens with zero attached hydrogens (tertiary/aromatic N) is 6. The Morgan fingerprint density at radius 2 is 0.983 bits per heavy atom. The fraction of sp³-hybridized carbons (Fsp3) is 0. The Morgan fingerprint density at radius 3 is 1.61 bits per heavy atom. The number of hydrogen-bond acceptors (Lipinski definition) is 4. The van der Waals surface area contributed by atoms with Crippen molar-refractivity contribution in [2.45, 2.75) is 0 Å². The van der Waals surface area contributed by atoms with E-state index in [4.69, 9.17) is 25.9 Å². The predicted octanol–water partition coefficient (Wildman–Crippen LogP) is 13.5. The molecule has 0 amide bonds. The van der Waals surface area contributed by atoms with E-state index in [1.54, 1.807) is 0 Å². The number of para-hydroxylation sites is 3. The van der Waals surface area contributed by atoms with Crippen LogP contribution in [0.2, 0.25) is 0 Å². The van der Waals surface area contributed by atoms with Gasteiger partial charge in [0.15, 0.2) is 17.3 Å². The molecular formula is C52H30N6O. The lowest BCUT2D eigenvalue weighted by atomic mass is 10.0. The Hall–Kier alpha value is -8.34. The van der Waals surface area contributed by atoms with Gasteiger partial charge in [-0.1, -0.05) is 152 Å². The second-order valence-electron chi connectivity index (χ2n) is 14.7. The lowest BCUT2D eigenvalue weighted by molar-refractivity contribution is 0.670. The van der Waals surface area contributed by atoms with E-state index < -0.39 is 0 Å². The fourth-order valence-corrected chi connectivity index (χ4v) is 8.74. The molecule has 4 aromatic heterocycles. The average Bonchev–Trinajstić information content (AvgIpc) is 3.97. The Labute approximate surface area is 337 Å². The van der Waals surface area contributed by atoms with Crippen LogP contribution < -0.4 is 0 Å². The first-order chi connectivity index (χ1) is 29.2. The minimum absolute atomic E-state index is 0.532. The SMILES string of the molecule is [C-]#[N+]c1ccc(-c2cc(-n3c4ccccc4c4ccc5c6ccccc6n(-c6nc(-c7ccccc7)nc(-c7ccccc7)n6)c5c43)cc3c2oc2ccccc23)cc1. The summed E-state index contributed by atoms with van der Waals surface area (Å²) in [5.74, 6) is 1.73. The maximum absolute atomic E-state index is 7.59. The van der Waals surface area contributed by atoms with Gasteiger partial charge in [-0.2, -0.15) is 9.97 Å². The summed E-state index contributed by atoms with van der Waals surface area (Å²) in [6.07, 6.45) is 0. The normalized spacial score (nSPS) is 11.7. The lowest BCUT2D eigenvalue weighted by Crippen LogP contribution is -2.07. The van der Waals surface area contributed by atoms with Gasteiger partial charge in [0.2, 0.25) is 5.95 Å². The Balaban J connectivity index is 1.24. The van der Waals surface area contributed by atoms with Gasteiger partial charge in [0.1, 0.15) is 11.2 Å². The number of fused-ring (bicyclic) bond motifs is 10. The van der Waals surface area contributed by atoms with Crippen molar-refractivity contribution in [2.75, 3.05) is 0 Å². The number of aromatic nitrogens is 5. The zero-order valence-electron chi connectivity index (χ0n) is 31.4. The molecule has 0 unspecified atom stereocenters. The molecule has 8 aromatic carbocycles. The van der Waals surface area contributed by atoms with Crippen LogP contribution in [0.1, 0.15) is 0 Å². The summed E-state index contributed by atoms with van der Waals surface area (Å²) in [6.45, 7) is 7.59. The van der Waals surface area contributed by atoms with Crippen molar-refractivity contribution in [3.05, 3.63) is 193 Å². The first kappa shape index (κ1) is 32.9. The summed E-state index contributed by atoms with van der Waals surface area (Å²) in [4.78, 5) is 19.2. The molecule has 274 valence electrons. The van der Waals surface area contributed by atoms with E-state index in [0.29, 0.717) is 23.3 Å². The molecule has 7 nitrogen and oxygen atoms in total. The highest BCUT2D eigenvalue weighted by atomic mass is 16.3. The number of furan rings is 1. The summed E-state index contributed by atoms with van der Waals surface area (Å²) in [6, 6.07) is 62.2. The molecule has 0 atom stereocenters. The van der Waals surface area contributed by atoms with Gasteiger partial charge < -0.3 is 8.98 Å². The van der Waals surface area contributed by atoms with Gasteiger partial charge >= 0.3 is 0 Å². The maximum Gasteiger partial charge on any atom is 0.238 e. The standard InChI is InChI=1S/C52H30N6O/c1-53-35-26-24-32(25-27-35)42-30-36(31-43-39-20-10-13-23-46(39)59-49(42)43)57-44-21-11-8-18-37(44)40-28-29-41-38-19-9-12-22-45(38)58(48(41)47(40)57)52-55-50(33-14-4-2-5-15-33)54-51(56-52)34-16-6-3-7-17-34/h2-31H. The van der Waals surface area contributed by atoms with Crippen molar-refractivity contribution < 1.29 is 4.42 Å². The van der Waals surface area contributed by atoms with Gasteiger partial charge in [-0.15, -0.1) is 0 Å². The molecule has 0 aliphatic carbocycles. The zero-order valence-corrected chi connectivity index (χ0v) is 31.4. The fourth-order valence-electron chi connectivity index (χ4n) is 8.74. The average molecular weight is 755 g/mol. The van der Waals surface area contributed by atoms with Crippen LogP contribution in [-0.4, -0.2) is 24.1 Å². The molecule has 12 aromatic rings. The number of hydrogen-bond donors (Lipinski definition) is 0. The smallest absolute Gasteiger partial charge is 0.238 e. The van der Waals surface area contributed by atoms with Gasteiger partial charge in [0.05, 0.1) is 28.6 Å². The molecule has 0 aliphatic heterocycles. The summed E-state index contributed by atoms with van der Waals surface area (Å²) in [5, 5.41) is 6.48. The molecule has 0 saturated carbocycles. The van der Waals surface area contributed by atoms with Crippen molar-refractivity contribution >= 4 is 71.2 Å². The highest BCUT2D eigenvalue weighted by Gasteiger charge is 2.25. The van der Waals surface area contributed by atoms with Crippen molar-refractivity contribution in [3.8, 4) is 45.5 Å². The summed E-state index contributed by atoms with van der Waals surface area (Å²) < 4.78 is 11.2. The van der Waals surface area contributed by atoms with Crippen LogP contribution in [0.15, 0.2) is 186 Å². The topological polar surface area (TPSA) is 66.0 Å². The van der Waals surface area contributed by atoms with Crippen LogP contribution >= 0.6 is 0 Å². The van der Waals surface area contributed by atoms with E-state index in [2.05, 4.69) is 98.9 Å². The van der Waals surface area contributed by atoms with E-state index in [-0.39, 0.29) is 0 Å². The third-order valence-corrected chi connectivity index (χ3v) is 11.4. The van der Waals surface area contributed by atoms with Crippen molar-refractivity contribution in [1.29, 1.82) is 0 Å². The van der Waals surface area contributed by atoms with Crippen molar-refractivity contribution in [2.24, 2.45) is 0 Å². The number of rotatable bonds is 5. The van der Waals surface area contributed by atoms with Crippen molar-refractivity contribution in [3.63, 3.8) is 0 Å². The summed E-state index contributed by atoms with van der Waals surface area (Å²) in [5.41, 5.74) is 11.0. The molecule has 59 heavy (non-hydrogen) atoms. The molecule has 0 aliphatic rings. The molecular weight excluding hydrogens is 725 g/mol. The zero-order chi connectivity index (χ0) is 39.0. The highest BCUT2D eigenvalue weighted by Crippen LogP contribution is 2.44. The van der Waals surface area contributed by atoms with Gasteiger partial charge in [-0.25, -0.2) is 9.83 Å². The van der Waals surface area contributed by atoms with E-state index in [0.717, 1.165) is 93.5 Å². The minimum Gasteiger partial charge on any atom is -0.455 e. The molecule has 4 heterocycles. The number of benzene rings is 8. The maximum atomic E-state index is 7.59. The molecule has 0 radical (unpaired) electrons. The third kappa shape index (κ3) is 5.04. The highest BCUT2D eigenvalue weighted by molar-refractivity contribution is 6.24. The molecule has 7 heteroatoms. The molecule has 0 spiro atoms. The van der Waals surface area contributed by atoms with Crippen LogP contribution in [-0.2, 0) is 0 Å². The van der Waals surface area contributed by atoms with E-state index >= 15 is 0 Å². The first-order valence-corrected chi connectivity index (χ1v) is 19.5. The van der Waals surface area contributed by atoms with Crippen LogP contribution in [0.3, 0.4) is 0 Å². The van der Waals surface area contributed by atoms with Crippen LogP contribution in [0, 0.1) is 6.57 Å². The van der Waals surface area contributed by atoms with Crippen LogP contribution in [0.25, 0.3) is 116 Å². The third-order valence-electron chi connectivity index (χ3n) is 11.4. The first-order valence-electron chi connectivity index (χ1n) is 19.5. The van der Waals surface area contributed by atoms with Crippen LogP contribution in [0.5, 0.6) is 0 Å². The minimum atomic E-state index is 0.532. The Bertz CT molecular complexity index is 3610. The molecule has 12 rings (SSSR count). The van der Waals surface area contributed by atoms with Gasteiger partial charge in [-0.05, 0) is 35.9 Å². The summed E-state index contributed by atoms with van der Waals surface area (Å²) >= 11 is 0. The van der Waals surface area contributed by atoms with E-state index in [1.165, 1.54) is 0 Å². The second-order valence-corrected chi connectivity index (χ2v) is 14.7. The van der Waals surface area contributed by atoms with Gasteiger partial charge in [0.25, 0.3) is 0 Å². The largest absolute Gasteiger partial charge is 0.455 e. The molecule has 0 bridgehead atoms. The quantitative estimate of drug-likeness (QED) is 0.164. The van der Waals surface area contributed by atoms with Gasteiger partial charge in [0, 0.05) is 54.7 Å². The van der Waals surface area contributed by atoms with E-state index in [9.17, 15) is 0 Å². The lowest BCUT2D eigenvalue weighted by Gasteiger charge is -2.14. The Morgan fingerprint density at radius 1 is 0.441 bits per heavy atom. The van der Waals surface area contributed by atoms with Crippen LogP contribution in [0.4, 0.5) is 5.69 Å². The second kappa shape index (κ2) is 12.8. The van der Waals surface area contributed by atoms with Gasteiger partial charge in [-0.3, -0.25) is 4.57 Å². The molecule has 0 N–H and O–H groups in total. The predicted molar refractivity (Wildman–Crippen MR) is 238 cm³/mol. The Kier molecular flexibility index (Phi) is 7.16. The summed E-state index contributed by atoms with van der Waals surface area (Å²) in [7, 11) is 0. The molecule has 0 saturated heterocycles. The molecule has 0 fully saturated rings. The van der Waals surface area contributed by atoms with Crippen molar-refractivity contribution in [1.82, 2.24) is 24.1 Å². The monoisotopic (exact) mass is 754 g/mol.